The van der Waals surface area contributed by atoms with Gasteiger partial charge in [-0.15, -0.1) is 0 Å². The molecule has 1 aliphatic rings. The Morgan fingerprint density at radius 1 is 1.40 bits per heavy atom. The summed E-state index contributed by atoms with van der Waals surface area (Å²) in [4.78, 5) is 1.74. The van der Waals surface area contributed by atoms with E-state index in [0.717, 1.165) is 25.6 Å². The van der Waals surface area contributed by atoms with Gasteiger partial charge in [-0.05, 0) is 0 Å². The van der Waals surface area contributed by atoms with Gasteiger partial charge in [-0.2, -0.15) is 15.0 Å². The Kier molecular flexibility index (Phi) is 1.39. The molecular formula is C6H10N4. The number of aromatic nitrogens is 3. The highest BCUT2D eigenvalue weighted by Gasteiger charge is 2.17. The molecule has 1 fully saturated rings. The Morgan fingerprint density at radius 2 is 2.10 bits per heavy atom. The van der Waals surface area contributed by atoms with Gasteiger partial charge in [0.1, 0.15) is 0 Å². The van der Waals surface area contributed by atoms with Crippen LogP contribution in [0.5, 0.6) is 0 Å². The molecule has 0 radical (unpaired) electrons. The molecule has 0 unspecified atom stereocenters. The molecule has 0 spiro atoms. The maximum Gasteiger partial charge on any atom is 0.0693 e. The van der Waals surface area contributed by atoms with Crippen LogP contribution in [0.25, 0.3) is 0 Å². The van der Waals surface area contributed by atoms with Gasteiger partial charge in [-0.3, -0.25) is 0 Å². The van der Waals surface area contributed by atoms with Gasteiger partial charge in [0.2, 0.25) is 0 Å². The molecule has 0 amide bonds. The molecule has 1 saturated heterocycles. The third-order valence-corrected chi connectivity index (χ3v) is 1.75. The van der Waals surface area contributed by atoms with Gasteiger partial charge in [-0.1, -0.05) is 0 Å². The molecular weight excluding hydrogens is 128 g/mol. The summed E-state index contributed by atoms with van der Waals surface area (Å²) in [7, 11) is 0. The second kappa shape index (κ2) is 2.38. The van der Waals surface area contributed by atoms with Crippen LogP contribution in [0.4, 0.5) is 0 Å². The molecule has 0 aromatic carbocycles. The number of hydrogen-bond acceptors (Lipinski definition) is 3. The molecule has 2 heterocycles. The van der Waals surface area contributed by atoms with E-state index in [2.05, 4.69) is 15.5 Å². The third-order valence-electron chi connectivity index (χ3n) is 1.75. The van der Waals surface area contributed by atoms with Crippen molar-refractivity contribution in [2.24, 2.45) is 5.92 Å². The highest BCUT2D eigenvalue weighted by Crippen LogP contribution is 2.03. The Labute approximate surface area is 59.2 Å². The summed E-state index contributed by atoms with van der Waals surface area (Å²) in [6.07, 6.45) is 3.43. The second-order valence-corrected chi connectivity index (χ2v) is 2.61. The van der Waals surface area contributed by atoms with Crippen molar-refractivity contribution >= 4 is 0 Å². The molecule has 10 heavy (non-hydrogen) atoms. The maximum atomic E-state index is 4.02. The Balaban J connectivity index is 1.90. The van der Waals surface area contributed by atoms with E-state index < -0.39 is 0 Å². The van der Waals surface area contributed by atoms with Crippen molar-refractivity contribution in [1.82, 2.24) is 20.3 Å². The fourth-order valence-electron chi connectivity index (χ4n) is 1.05. The fraction of sp³-hybridized carbons (Fsp3) is 0.667. The van der Waals surface area contributed by atoms with Crippen molar-refractivity contribution < 1.29 is 0 Å². The molecule has 4 nitrogen and oxygen atoms in total. The Bertz CT molecular complexity index is 190. The van der Waals surface area contributed by atoms with E-state index in [1.807, 2.05) is 0 Å². The van der Waals surface area contributed by atoms with Gasteiger partial charge in [0.15, 0.2) is 0 Å². The number of nitrogens with one attached hydrogen (secondary N) is 1. The first kappa shape index (κ1) is 5.85. The Morgan fingerprint density at radius 3 is 2.60 bits per heavy atom. The lowest BCUT2D eigenvalue weighted by Crippen LogP contribution is -2.44. The minimum absolute atomic E-state index is 0.743. The van der Waals surface area contributed by atoms with Crippen LogP contribution < -0.4 is 5.32 Å². The van der Waals surface area contributed by atoms with Crippen LogP contribution in [0.3, 0.4) is 0 Å². The summed E-state index contributed by atoms with van der Waals surface area (Å²) >= 11 is 0. The summed E-state index contributed by atoms with van der Waals surface area (Å²) in [6, 6.07) is 0. The van der Waals surface area contributed by atoms with Gasteiger partial charge >= 0.3 is 0 Å². The van der Waals surface area contributed by atoms with Crippen molar-refractivity contribution in [2.45, 2.75) is 6.54 Å². The minimum atomic E-state index is 0.743. The van der Waals surface area contributed by atoms with Gasteiger partial charge in [-0.25, -0.2) is 0 Å². The standard InChI is InChI=1S/C6H10N4/c1-2-9-10(8-1)5-6-3-7-4-6/h1-2,6-7H,3-5H2. The summed E-state index contributed by atoms with van der Waals surface area (Å²) in [5.74, 6) is 0.743. The van der Waals surface area contributed by atoms with E-state index in [9.17, 15) is 0 Å². The van der Waals surface area contributed by atoms with E-state index in [-0.39, 0.29) is 0 Å². The second-order valence-electron chi connectivity index (χ2n) is 2.61. The van der Waals surface area contributed by atoms with Crippen LogP contribution in [0, 0.1) is 5.92 Å². The topological polar surface area (TPSA) is 42.7 Å². The summed E-state index contributed by atoms with van der Waals surface area (Å²) < 4.78 is 0. The normalized spacial score (nSPS) is 18.8. The van der Waals surface area contributed by atoms with Crippen LogP contribution >= 0.6 is 0 Å². The zero-order valence-electron chi connectivity index (χ0n) is 5.70. The zero-order chi connectivity index (χ0) is 6.81. The summed E-state index contributed by atoms with van der Waals surface area (Å²) in [5, 5.41) is 11.2. The minimum Gasteiger partial charge on any atom is -0.316 e. The average Bonchev–Trinajstić information content (AvgIpc) is 2.29. The van der Waals surface area contributed by atoms with Crippen molar-refractivity contribution in [3.05, 3.63) is 12.4 Å². The van der Waals surface area contributed by atoms with Crippen LogP contribution in [0.2, 0.25) is 0 Å². The van der Waals surface area contributed by atoms with Crippen molar-refractivity contribution in [1.29, 1.82) is 0 Å². The first-order valence-corrected chi connectivity index (χ1v) is 3.50. The monoisotopic (exact) mass is 138 g/mol. The van der Waals surface area contributed by atoms with Crippen LogP contribution in [0.1, 0.15) is 0 Å². The van der Waals surface area contributed by atoms with E-state index in [1.54, 1.807) is 17.2 Å². The van der Waals surface area contributed by atoms with Gasteiger partial charge in [0.25, 0.3) is 0 Å². The first-order chi connectivity index (χ1) is 4.95. The molecule has 1 aromatic heterocycles. The summed E-state index contributed by atoms with van der Waals surface area (Å²) in [6.45, 7) is 3.18. The van der Waals surface area contributed by atoms with Crippen molar-refractivity contribution in [3.63, 3.8) is 0 Å². The molecule has 54 valence electrons. The van der Waals surface area contributed by atoms with E-state index in [0.29, 0.717) is 0 Å². The molecule has 1 N–H and O–H groups in total. The lowest BCUT2D eigenvalue weighted by Gasteiger charge is -2.25. The Hall–Kier alpha value is -0.900. The SMILES string of the molecule is c1cnn(CC2CNC2)n1. The number of hydrogen-bond donors (Lipinski definition) is 1. The number of rotatable bonds is 2. The van der Waals surface area contributed by atoms with E-state index in [4.69, 9.17) is 0 Å². The average molecular weight is 138 g/mol. The predicted octanol–water partition coefficient (Wildman–Crippen LogP) is -0.503. The van der Waals surface area contributed by atoms with Crippen LogP contribution in [0.15, 0.2) is 12.4 Å². The molecule has 0 atom stereocenters. The lowest BCUT2D eigenvalue weighted by molar-refractivity contribution is 0.281. The smallest absolute Gasteiger partial charge is 0.0693 e. The molecule has 0 aliphatic carbocycles. The van der Waals surface area contributed by atoms with Gasteiger partial charge in [0.05, 0.1) is 18.9 Å². The van der Waals surface area contributed by atoms with Gasteiger partial charge in [0, 0.05) is 19.0 Å². The largest absolute Gasteiger partial charge is 0.316 e. The van der Waals surface area contributed by atoms with Crippen molar-refractivity contribution in [2.75, 3.05) is 13.1 Å². The molecule has 2 rings (SSSR count). The third kappa shape index (κ3) is 1.02. The van der Waals surface area contributed by atoms with Crippen LogP contribution in [-0.2, 0) is 6.54 Å². The highest BCUT2D eigenvalue weighted by molar-refractivity contribution is 4.74. The molecule has 1 aromatic rings. The molecule has 0 bridgehead atoms. The zero-order valence-corrected chi connectivity index (χ0v) is 5.70. The fourth-order valence-corrected chi connectivity index (χ4v) is 1.05. The molecule has 0 saturated carbocycles. The van der Waals surface area contributed by atoms with E-state index >= 15 is 0 Å². The molecule has 4 heteroatoms. The number of nitrogens with zero attached hydrogens (tertiary/aromatic N) is 3. The summed E-state index contributed by atoms with van der Waals surface area (Å²) in [5.41, 5.74) is 0. The lowest BCUT2D eigenvalue weighted by atomic mass is 10.0. The van der Waals surface area contributed by atoms with Gasteiger partial charge < -0.3 is 5.32 Å². The van der Waals surface area contributed by atoms with Crippen LogP contribution in [-0.4, -0.2) is 28.1 Å². The first-order valence-electron chi connectivity index (χ1n) is 3.50. The van der Waals surface area contributed by atoms with Crippen molar-refractivity contribution in [3.8, 4) is 0 Å². The maximum absolute atomic E-state index is 4.02. The quantitative estimate of drug-likeness (QED) is 0.599. The molecule has 1 aliphatic heterocycles. The van der Waals surface area contributed by atoms with E-state index in [1.165, 1.54) is 0 Å². The predicted molar refractivity (Wildman–Crippen MR) is 36.4 cm³/mol. The highest BCUT2D eigenvalue weighted by atomic mass is 15.5.